The third-order valence-corrected chi connectivity index (χ3v) is 7.42. The molecule has 0 atom stereocenters. The Hall–Kier alpha value is -3.22. The van der Waals surface area contributed by atoms with Crippen molar-refractivity contribution in [3.8, 4) is 11.1 Å². The van der Waals surface area contributed by atoms with E-state index in [-0.39, 0.29) is 22.5 Å². The van der Waals surface area contributed by atoms with Gasteiger partial charge >= 0.3 is 0 Å². The Morgan fingerprint density at radius 3 is 1.31 bits per heavy atom. The van der Waals surface area contributed by atoms with E-state index in [2.05, 4.69) is 115 Å². The molecule has 0 aliphatic heterocycles. The number of hydrogen-bond acceptors (Lipinski definition) is 2. The molecule has 0 saturated carbocycles. The van der Waals surface area contributed by atoms with Crippen molar-refractivity contribution in [3.63, 3.8) is 0 Å². The molecular weight excluding hydrogens is 568 g/mol. The summed E-state index contributed by atoms with van der Waals surface area (Å²) in [7, 11) is 0. The fourth-order valence-electron chi connectivity index (χ4n) is 5.02. The second-order valence-corrected chi connectivity index (χ2v) is 9.48. The number of carbonyl (C=O) groups excluding carboxylic acids is 2. The molecule has 4 nitrogen and oxygen atoms in total. The molecule has 0 bridgehead atoms. The zero-order chi connectivity index (χ0) is 24.4. The summed E-state index contributed by atoms with van der Waals surface area (Å²) in [4.78, 5) is 23.7. The van der Waals surface area contributed by atoms with Gasteiger partial charge in [-0.3, -0.25) is 9.59 Å². The van der Waals surface area contributed by atoms with Gasteiger partial charge in [0, 0.05) is 11.4 Å². The van der Waals surface area contributed by atoms with Crippen LogP contribution in [0.15, 0.2) is 97.1 Å². The van der Waals surface area contributed by atoms with Crippen LogP contribution in [-0.2, 0) is 15.0 Å². The fourth-order valence-corrected chi connectivity index (χ4v) is 5.30. The average molecular weight is 590 g/mol. The van der Waals surface area contributed by atoms with Gasteiger partial charge in [-0.1, -0.05) is 105 Å². The predicted molar refractivity (Wildman–Crippen MR) is 149 cm³/mol. The summed E-state index contributed by atoms with van der Waals surface area (Å²) in [5.74, 6) is -0.185. The molecular formula is C29H22Br2N2O2. The van der Waals surface area contributed by atoms with Gasteiger partial charge in [-0.15, -0.1) is 0 Å². The van der Waals surface area contributed by atoms with Crippen LogP contribution in [-0.4, -0.2) is 22.5 Å². The Labute approximate surface area is 221 Å². The lowest BCUT2D eigenvalue weighted by molar-refractivity contribution is -0.114. The number of rotatable bonds is 6. The molecule has 1 aliphatic rings. The number of anilines is 2. The third-order valence-electron chi connectivity index (χ3n) is 6.40. The Morgan fingerprint density at radius 1 is 0.571 bits per heavy atom. The number of carbonyl (C=O) groups is 2. The van der Waals surface area contributed by atoms with Crippen LogP contribution in [0.2, 0.25) is 0 Å². The van der Waals surface area contributed by atoms with Gasteiger partial charge in [0.1, 0.15) is 0 Å². The zero-order valence-corrected chi connectivity index (χ0v) is 21.9. The summed E-state index contributed by atoms with van der Waals surface area (Å²) >= 11 is 6.40. The molecule has 2 amide bonds. The maximum absolute atomic E-state index is 11.9. The first-order chi connectivity index (χ1) is 17.1. The first-order valence-electron chi connectivity index (χ1n) is 11.2. The molecule has 35 heavy (non-hydrogen) atoms. The van der Waals surface area contributed by atoms with Crippen LogP contribution in [0.25, 0.3) is 11.1 Å². The van der Waals surface area contributed by atoms with Crippen LogP contribution >= 0.6 is 31.9 Å². The van der Waals surface area contributed by atoms with Gasteiger partial charge in [-0.25, -0.2) is 0 Å². The van der Waals surface area contributed by atoms with Gasteiger partial charge in [-0.05, 0) is 57.6 Å². The molecule has 4 aromatic rings. The molecule has 0 heterocycles. The maximum Gasteiger partial charge on any atom is 0.235 e. The van der Waals surface area contributed by atoms with Crippen molar-refractivity contribution in [1.29, 1.82) is 0 Å². The molecule has 5 rings (SSSR count). The van der Waals surface area contributed by atoms with Gasteiger partial charge in [0.2, 0.25) is 11.8 Å². The van der Waals surface area contributed by atoms with Crippen molar-refractivity contribution in [2.45, 2.75) is 5.41 Å². The summed E-state index contributed by atoms with van der Waals surface area (Å²) in [5, 5.41) is 6.30. The number of benzene rings is 4. The molecule has 0 radical (unpaired) electrons. The van der Waals surface area contributed by atoms with Crippen molar-refractivity contribution in [3.05, 3.63) is 119 Å². The van der Waals surface area contributed by atoms with Crippen molar-refractivity contribution < 1.29 is 9.59 Å². The number of fused-ring (bicyclic) bond motifs is 3. The van der Waals surface area contributed by atoms with E-state index in [0.717, 1.165) is 22.5 Å². The predicted octanol–water partition coefficient (Wildman–Crippen LogP) is 6.72. The highest BCUT2D eigenvalue weighted by molar-refractivity contribution is 9.09. The Morgan fingerprint density at radius 2 is 0.943 bits per heavy atom. The van der Waals surface area contributed by atoms with E-state index in [1.165, 1.54) is 22.3 Å². The molecule has 174 valence electrons. The fraction of sp³-hybridized carbons (Fsp3) is 0.103. The number of alkyl halides is 2. The quantitative estimate of drug-likeness (QED) is 0.216. The van der Waals surface area contributed by atoms with E-state index < -0.39 is 5.41 Å². The first kappa shape index (κ1) is 23.5. The molecule has 2 N–H and O–H groups in total. The minimum Gasteiger partial charge on any atom is -0.325 e. The molecule has 0 aromatic heterocycles. The van der Waals surface area contributed by atoms with E-state index in [4.69, 9.17) is 0 Å². The van der Waals surface area contributed by atoms with E-state index in [9.17, 15) is 9.59 Å². The number of hydrogen-bond donors (Lipinski definition) is 2. The van der Waals surface area contributed by atoms with Crippen LogP contribution in [0.4, 0.5) is 11.4 Å². The van der Waals surface area contributed by atoms with E-state index >= 15 is 0 Å². The number of nitrogens with one attached hydrogen (secondary N) is 2. The van der Waals surface area contributed by atoms with Gasteiger partial charge in [-0.2, -0.15) is 0 Å². The van der Waals surface area contributed by atoms with Crippen LogP contribution < -0.4 is 10.6 Å². The van der Waals surface area contributed by atoms with Gasteiger partial charge in [0.05, 0.1) is 16.1 Å². The third kappa shape index (κ3) is 4.11. The smallest absolute Gasteiger partial charge is 0.235 e. The van der Waals surface area contributed by atoms with Crippen molar-refractivity contribution in [2.75, 3.05) is 21.3 Å². The highest BCUT2D eigenvalue weighted by atomic mass is 79.9. The average Bonchev–Trinajstić information content (AvgIpc) is 3.21. The van der Waals surface area contributed by atoms with E-state index in [1.54, 1.807) is 0 Å². The number of amides is 2. The van der Waals surface area contributed by atoms with E-state index in [1.807, 2.05) is 24.3 Å². The topological polar surface area (TPSA) is 58.2 Å². The molecule has 6 heteroatoms. The lowest BCUT2D eigenvalue weighted by Gasteiger charge is -2.34. The second-order valence-electron chi connectivity index (χ2n) is 8.36. The first-order valence-corrected chi connectivity index (χ1v) is 13.4. The van der Waals surface area contributed by atoms with E-state index in [0.29, 0.717) is 0 Å². The molecule has 1 aliphatic carbocycles. The molecule has 0 unspecified atom stereocenters. The van der Waals surface area contributed by atoms with Crippen LogP contribution in [0.1, 0.15) is 22.3 Å². The Balaban J connectivity index is 1.71. The lowest BCUT2D eigenvalue weighted by atomic mass is 9.67. The molecule has 4 aromatic carbocycles. The highest BCUT2D eigenvalue weighted by Crippen LogP contribution is 2.56. The van der Waals surface area contributed by atoms with Crippen molar-refractivity contribution >= 4 is 55.0 Å². The summed E-state index contributed by atoms with van der Waals surface area (Å²) < 4.78 is 0. The van der Waals surface area contributed by atoms with Crippen LogP contribution in [0.3, 0.4) is 0 Å². The normalized spacial score (nSPS) is 13.0. The summed E-state index contributed by atoms with van der Waals surface area (Å²) in [5.41, 5.74) is 7.98. The Bertz CT molecular complexity index is 1290. The molecule has 0 fully saturated rings. The van der Waals surface area contributed by atoms with Gasteiger partial charge in [0.15, 0.2) is 0 Å². The summed E-state index contributed by atoms with van der Waals surface area (Å²) in [6.07, 6.45) is 0. The zero-order valence-electron chi connectivity index (χ0n) is 18.7. The summed E-state index contributed by atoms with van der Waals surface area (Å²) in [6, 6.07) is 33.2. The lowest BCUT2D eigenvalue weighted by Crippen LogP contribution is -2.28. The van der Waals surface area contributed by atoms with Crippen LogP contribution in [0.5, 0.6) is 0 Å². The molecule has 0 spiro atoms. The van der Waals surface area contributed by atoms with Crippen LogP contribution in [0, 0.1) is 0 Å². The highest BCUT2D eigenvalue weighted by Gasteiger charge is 2.45. The molecule has 0 saturated heterocycles. The number of halogens is 2. The van der Waals surface area contributed by atoms with Gasteiger partial charge < -0.3 is 10.6 Å². The standard InChI is InChI=1S/C29H22Br2N2O2/c30-17-27(34)32-21-13-9-19(10-14-21)29(20-11-15-22(16-12-20)33-28(35)18-31)25-7-3-1-5-23(25)24-6-2-4-8-26(24)29/h1-16H,17-18H2,(H,32,34)(H,33,35). The summed E-state index contributed by atoms with van der Waals surface area (Å²) in [6.45, 7) is 0. The Kier molecular flexibility index (Phi) is 6.58. The van der Waals surface area contributed by atoms with Crippen molar-refractivity contribution in [1.82, 2.24) is 0 Å². The second kappa shape index (κ2) is 9.80. The maximum atomic E-state index is 11.9. The minimum atomic E-state index is -0.539. The van der Waals surface area contributed by atoms with Crippen molar-refractivity contribution in [2.24, 2.45) is 0 Å². The minimum absolute atomic E-state index is 0.0925. The monoisotopic (exact) mass is 588 g/mol. The van der Waals surface area contributed by atoms with Gasteiger partial charge in [0.25, 0.3) is 0 Å². The largest absolute Gasteiger partial charge is 0.325 e. The SMILES string of the molecule is O=C(CBr)Nc1ccc(C2(c3ccc(NC(=O)CBr)cc3)c3ccccc3-c3ccccc32)cc1.